The Labute approximate surface area is 183 Å². The van der Waals surface area contributed by atoms with Gasteiger partial charge in [-0.2, -0.15) is 4.31 Å². The minimum Gasteiger partial charge on any atom is -0.507 e. The molecule has 3 aromatic rings. The molecule has 1 aliphatic rings. The van der Waals surface area contributed by atoms with Crippen molar-refractivity contribution in [1.29, 1.82) is 0 Å². The number of nitrogens with zero attached hydrogens (tertiary/aromatic N) is 3. The summed E-state index contributed by atoms with van der Waals surface area (Å²) in [7, 11) is -3.92. The van der Waals surface area contributed by atoms with Crippen LogP contribution in [0.5, 0.6) is 5.75 Å². The van der Waals surface area contributed by atoms with E-state index >= 15 is 0 Å². The first-order valence-corrected chi connectivity index (χ1v) is 11.4. The van der Waals surface area contributed by atoms with Crippen molar-refractivity contribution >= 4 is 26.7 Å². The molecule has 10 nitrogen and oxygen atoms in total. The summed E-state index contributed by atoms with van der Waals surface area (Å²) >= 11 is 0. The number of amides is 1. The maximum absolute atomic E-state index is 12.9. The first kappa shape index (κ1) is 21.8. The van der Waals surface area contributed by atoms with Gasteiger partial charge in [-0.15, -0.1) is 0 Å². The van der Waals surface area contributed by atoms with Crippen LogP contribution >= 0.6 is 0 Å². The molecule has 0 saturated carbocycles. The molecule has 0 spiro atoms. The molecule has 1 saturated heterocycles. The summed E-state index contributed by atoms with van der Waals surface area (Å²) < 4.78 is 28.0. The normalized spacial score (nSPS) is 15.2. The maximum Gasteiger partial charge on any atom is 0.273 e. The Balaban J connectivity index is 1.48. The highest BCUT2D eigenvalue weighted by atomic mass is 32.2. The number of aromatic amines is 1. The van der Waals surface area contributed by atoms with Crippen LogP contribution in [0.3, 0.4) is 0 Å². The molecule has 1 aliphatic heterocycles. The van der Waals surface area contributed by atoms with Gasteiger partial charge in [0.2, 0.25) is 15.9 Å². The average Bonchev–Trinajstić information content (AvgIpc) is 2.79. The van der Waals surface area contributed by atoms with Crippen molar-refractivity contribution in [1.82, 2.24) is 19.0 Å². The summed E-state index contributed by atoms with van der Waals surface area (Å²) in [5.74, 6) is -0.734. The van der Waals surface area contributed by atoms with Crippen LogP contribution < -0.4 is 11.1 Å². The summed E-state index contributed by atoms with van der Waals surface area (Å²) in [5.41, 5.74) is -0.253. The Kier molecular flexibility index (Phi) is 5.61. The number of benzene rings is 2. The number of phenols is 1. The zero-order valence-corrected chi connectivity index (χ0v) is 18.1. The van der Waals surface area contributed by atoms with Gasteiger partial charge < -0.3 is 10.0 Å². The van der Waals surface area contributed by atoms with Gasteiger partial charge in [0.1, 0.15) is 17.2 Å². The van der Waals surface area contributed by atoms with Crippen LogP contribution in [0.4, 0.5) is 0 Å². The van der Waals surface area contributed by atoms with Gasteiger partial charge in [-0.3, -0.25) is 19.5 Å². The SMILES string of the molecule is Cc1ccc(O)c(S(=O)(=O)N2CCN(C(=O)Cn3[nH]c(=O)c4ccccc4c3=O)CC2)c1. The molecule has 0 bridgehead atoms. The molecule has 2 N–H and O–H groups in total. The maximum atomic E-state index is 12.9. The van der Waals surface area contributed by atoms with E-state index in [0.717, 1.165) is 4.68 Å². The number of piperazine rings is 1. The number of phenolic OH excluding ortho intramolecular Hbond substituents is 1. The van der Waals surface area contributed by atoms with Crippen LogP contribution in [-0.4, -0.2) is 64.6 Å². The largest absolute Gasteiger partial charge is 0.507 e. The zero-order chi connectivity index (χ0) is 23.0. The third-order valence-corrected chi connectivity index (χ3v) is 7.43. The van der Waals surface area contributed by atoms with Crippen LogP contribution in [0, 0.1) is 6.92 Å². The number of carbonyl (C=O) groups is 1. The number of aryl methyl sites for hydroxylation is 1. The molecule has 4 rings (SSSR count). The van der Waals surface area contributed by atoms with Gasteiger partial charge >= 0.3 is 0 Å². The van der Waals surface area contributed by atoms with Gasteiger partial charge in [-0.1, -0.05) is 18.2 Å². The molecule has 2 aromatic carbocycles. The van der Waals surface area contributed by atoms with E-state index in [1.807, 2.05) is 0 Å². The molecular weight excluding hydrogens is 436 g/mol. The van der Waals surface area contributed by atoms with Crippen LogP contribution in [0.2, 0.25) is 0 Å². The van der Waals surface area contributed by atoms with E-state index in [9.17, 15) is 27.9 Å². The molecule has 0 atom stereocenters. The number of carbonyl (C=O) groups excluding carboxylic acids is 1. The van der Waals surface area contributed by atoms with Crippen LogP contribution in [0.1, 0.15) is 5.56 Å². The topological polar surface area (TPSA) is 133 Å². The fourth-order valence-electron chi connectivity index (χ4n) is 3.74. The molecule has 32 heavy (non-hydrogen) atoms. The predicted molar refractivity (Wildman–Crippen MR) is 117 cm³/mol. The number of H-pyrrole nitrogens is 1. The van der Waals surface area contributed by atoms with Crippen molar-refractivity contribution in [3.63, 3.8) is 0 Å². The Bertz CT molecular complexity index is 1420. The van der Waals surface area contributed by atoms with Crippen molar-refractivity contribution in [2.75, 3.05) is 26.2 Å². The van der Waals surface area contributed by atoms with E-state index in [1.165, 1.54) is 33.5 Å². The lowest BCUT2D eigenvalue weighted by molar-refractivity contribution is -0.133. The van der Waals surface area contributed by atoms with Gasteiger partial charge in [0.05, 0.1) is 10.8 Å². The molecule has 1 amide bonds. The molecular formula is C21H22N4O6S. The molecule has 2 heterocycles. The molecule has 1 fully saturated rings. The second-order valence-electron chi connectivity index (χ2n) is 7.63. The van der Waals surface area contributed by atoms with E-state index in [0.29, 0.717) is 5.56 Å². The van der Waals surface area contributed by atoms with Crippen molar-refractivity contribution in [2.24, 2.45) is 0 Å². The smallest absolute Gasteiger partial charge is 0.273 e. The quantitative estimate of drug-likeness (QED) is 0.575. The number of aromatic nitrogens is 2. The minimum atomic E-state index is -3.92. The summed E-state index contributed by atoms with van der Waals surface area (Å²) in [6.07, 6.45) is 0. The Hall–Kier alpha value is -3.44. The van der Waals surface area contributed by atoms with Gasteiger partial charge in [0.15, 0.2) is 0 Å². The summed E-state index contributed by atoms with van der Waals surface area (Å²) in [5, 5.41) is 12.9. The third-order valence-electron chi connectivity index (χ3n) is 5.50. The van der Waals surface area contributed by atoms with Gasteiger partial charge in [-0.25, -0.2) is 13.1 Å². The lowest BCUT2D eigenvalue weighted by atomic mass is 10.2. The third kappa shape index (κ3) is 3.92. The number of fused-ring (bicyclic) bond motifs is 1. The number of rotatable bonds is 4. The van der Waals surface area contributed by atoms with Crippen LogP contribution in [0.15, 0.2) is 56.9 Å². The number of nitrogens with one attached hydrogen (secondary N) is 1. The van der Waals surface area contributed by atoms with Crippen molar-refractivity contribution in [3.8, 4) is 5.75 Å². The average molecular weight is 458 g/mol. The highest BCUT2D eigenvalue weighted by Crippen LogP contribution is 2.27. The van der Waals surface area contributed by atoms with Crippen molar-refractivity contribution in [2.45, 2.75) is 18.4 Å². The van der Waals surface area contributed by atoms with E-state index in [1.54, 1.807) is 25.1 Å². The number of hydrogen-bond donors (Lipinski definition) is 2. The molecule has 0 unspecified atom stereocenters. The van der Waals surface area contributed by atoms with Crippen LogP contribution in [-0.2, 0) is 21.4 Å². The molecule has 0 aliphatic carbocycles. The van der Waals surface area contributed by atoms with E-state index < -0.39 is 27.0 Å². The number of sulfonamides is 1. The van der Waals surface area contributed by atoms with Crippen molar-refractivity contribution in [3.05, 3.63) is 68.7 Å². The fourth-order valence-corrected chi connectivity index (χ4v) is 5.33. The van der Waals surface area contributed by atoms with E-state index in [2.05, 4.69) is 5.10 Å². The highest BCUT2D eigenvalue weighted by Gasteiger charge is 2.32. The van der Waals surface area contributed by atoms with Crippen molar-refractivity contribution < 1.29 is 18.3 Å². The highest BCUT2D eigenvalue weighted by molar-refractivity contribution is 7.89. The number of aromatic hydroxyl groups is 1. The lowest BCUT2D eigenvalue weighted by Gasteiger charge is -2.34. The monoisotopic (exact) mass is 458 g/mol. The van der Waals surface area contributed by atoms with Gasteiger partial charge in [-0.05, 0) is 36.8 Å². The second-order valence-corrected chi connectivity index (χ2v) is 9.54. The summed E-state index contributed by atoms with van der Waals surface area (Å²) in [4.78, 5) is 38.8. The Morgan fingerprint density at radius 3 is 2.38 bits per heavy atom. The van der Waals surface area contributed by atoms with E-state index in [-0.39, 0.29) is 54.1 Å². The summed E-state index contributed by atoms with van der Waals surface area (Å²) in [6.45, 7) is 1.71. The molecule has 1 aromatic heterocycles. The standard InChI is InChI=1S/C21H22N4O6S/c1-14-6-7-17(26)18(12-14)32(30,31)24-10-8-23(9-11-24)19(27)13-25-21(29)16-5-3-2-4-15(16)20(28)22-25/h2-7,12,26H,8-11,13H2,1H3,(H,22,28). The Morgan fingerprint density at radius 2 is 1.69 bits per heavy atom. The van der Waals surface area contributed by atoms with Crippen LogP contribution in [0.25, 0.3) is 10.8 Å². The predicted octanol–water partition coefficient (Wildman–Crippen LogP) is 0.237. The summed E-state index contributed by atoms with van der Waals surface area (Å²) in [6, 6.07) is 10.7. The molecule has 0 radical (unpaired) electrons. The Morgan fingerprint density at radius 1 is 1.03 bits per heavy atom. The minimum absolute atomic E-state index is 0.0462. The lowest BCUT2D eigenvalue weighted by Crippen LogP contribution is -2.51. The van der Waals surface area contributed by atoms with E-state index in [4.69, 9.17) is 0 Å². The fraction of sp³-hybridized carbons (Fsp3) is 0.286. The molecule has 168 valence electrons. The first-order chi connectivity index (χ1) is 15.2. The molecule has 11 heteroatoms. The first-order valence-electron chi connectivity index (χ1n) is 9.98. The second kappa shape index (κ2) is 8.24. The van der Waals surface area contributed by atoms with Gasteiger partial charge in [0.25, 0.3) is 11.1 Å². The van der Waals surface area contributed by atoms with Gasteiger partial charge in [0, 0.05) is 26.2 Å². The number of hydrogen-bond acceptors (Lipinski definition) is 6. The zero-order valence-electron chi connectivity index (χ0n) is 17.3.